The van der Waals surface area contributed by atoms with Crippen LogP contribution in [0.25, 0.3) is 0 Å². The summed E-state index contributed by atoms with van der Waals surface area (Å²) in [5, 5.41) is 17.8. The van der Waals surface area contributed by atoms with Crippen LogP contribution in [-0.4, -0.2) is 20.6 Å². The molecule has 0 aliphatic carbocycles. The van der Waals surface area contributed by atoms with Gasteiger partial charge in [0, 0.05) is 5.69 Å². The van der Waals surface area contributed by atoms with Gasteiger partial charge >= 0.3 is 0 Å². The van der Waals surface area contributed by atoms with Crippen molar-refractivity contribution in [3.05, 3.63) is 36.2 Å². The Morgan fingerprint density at radius 2 is 1.94 bits per heavy atom. The predicted molar refractivity (Wildman–Crippen MR) is 71.1 cm³/mol. The Balaban J connectivity index is 2.15. The summed E-state index contributed by atoms with van der Waals surface area (Å²) >= 11 is 0. The number of hydrogen-bond donors (Lipinski definition) is 2. The third-order valence-electron chi connectivity index (χ3n) is 2.60. The highest BCUT2D eigenvalue weighted by molar-refractivity contribution is 5.44. The van der Waals surface area contributed by atoms with Crippen LogP contribution in [0.5, 0.6) is 0 Å². The molecular weight excluding hydrogens is 226 g/mol. The number of H-pyrrole nitrogens is 1. The van der Waals surface area contributed by atoms with Crippen LogP contribution in [0.2, 0.25) is 0 Å². The molecule has 1 atom stereocenters. The third kappa shape index (κ3) is 3.55. The van der Waals surface area contributed by atoms with Crippen LogP contribution in [0, 0.1) is 5.41 Å². The molecule has 2 rings (SSSR count). The molecule has 0 saturated carbocycles. The number of aromatic nitrogens is 4. The number of nitrogens with one attached hydrogen (secondary N) is 2. The van der Waals surface area contributed by atoms with Gasteiger partial charge in [-0.05, 0) is 24.0 Å². The maximum Gasteiger partial charge on any atom is 0.196 e. The van der Waals surface area contributed by atoms with Crippen molar-refractivity contribution in [3.8, 4) is 0 Å². The van der Waals surface area contributed by atoms with Crippen molar-refractivity contribution in [3.63, 3.8) is 0 Å². The van der Waals surface area contributed by atoms with E-state index in [-0.39, 0.29) is 11.5 Å². The standard InChI is InChI=1S/C13H19N5/c1-13(2,3)9-11(12-15-17-18-16-12)14-10-7-5-4-6-8-10/h4-8,11,14H,9H2,1-3H3,(H,15,16,17,18). The molecule has 1 aromatic heterocycles. The number of para-hydroxylation sites is 1. The van der Waals surface area contributed by atoms with E-state index in [0.29, 0.717) is 5.82 Å². The lowest BCUT2D eigenvalue weighted by Gasteiger charge is -2.25. The van der Waals surface area contributed by atoms with Crippen molar-refractivity contribution in [1.82, 2.24) is 20.6 Å². The molecule has 96 valence electrons. The van der Waals surface area contributed by atoms with Gasteiger partial charge in [-0.1, -0.05) is 44.2 Å². The van der Waals surface area contributed by atoms with Crippen LogP contribution in [0.3, 0.4) is 0 Å². The summed E-state index contributed by atoms with van der Waals surface area (Å²) in [6.45, 7) is 6.60. The van der Waals surface area contributed by atoms with Gasteiger partial charge in [-0.2, -0.15) is 5.21 Å². The van der Waals surface area contributed by atoms with Gasteiger partial charge in [0.15, 0.2) is 5.82 Å². The third-order valence-corrected chi connectivity index (χ3v) is 2.60. The molecule has 5 heteroatoms. The number of tetrazole rings is 1. The number of anilines is 1. The minimum absolute atomic E-state index is 0.0613. The zero-order valence-corrected chi connectivity index (χ0v) is 11.0. The van der Waals surface area contributed by atoms with Crippen molar-refractivity contribution in [2.45, 2.75) is 33.2 Å². The van der Waals surface area contributed by atoms with Crippen molar-refractivity contribution < 1.29 is 0 Å². The zero-order valence-electron chi connectivity index (χ0n) is 11.0. The molecular formula is C13H19N5. The summed E-state index contributed by atoms with van der Waals surface area (Å²) in [5.74, 6) is 0.703. The van der Waals surface area contributed by atoms with Gasteiger partial charge in [-0.25, -0.2) is 0 Å². The van der Waals surface area contributed by atoms with Gasteiger partial charge in [0.05, 0.1) is 6.04 Å². The second-order valence-electron chi connectivity index (χ2n) is 5.60. The second kappa shape index (κ2) is 5.16. The second-order valence-corrected chi connectivity index (χ2v) is 5.60. The highest BCUT2D eigenvalue weighted by Gasteiger charge is 2.23. The average Bonchev–Trinajstić information content (AvgIpc) is 2.81. The smallest absolute Gasteiger partial charge is 0.196 e. The van der Waals surface area contributed by atoms with E-state index < -0.39 is 0 Å². The Morgan fingerprint density at radius 3 is 2.50 bits per heavy atom. The Morgan fingerprint density at radius 1 is 1.22 bits per heavy atom. The monoisotopic (exact) mass is 245 g/mol. The molecule has 0 saturated heterocycles. The van der Waals surface area contributed by atoms with E-state index in [0.717, 1.165) is 12.1 Å². The number of rotatable bonds is 4. The number of benzene rings is 1. The maximum atomic E-state index is 4.09. The quantitative estimate of drug-likeness (QED) is 0.869. The summed E-state index contributed by atoms with van der Waals surface area (Å²) in [5.41, 5.74) is 1.25. The van der Waals surface area contributed by atoms with E-state index in [1.807, 2.05) is 30.3 Å². The van der Waals surface area contributed by atoms with E-state index in [2.05, 4.69) is 46.7 Å². The molecule has 0 radical (unpaired) electrons. The summed E-state index contributed by atoms with van der Waals surface area (Å²) in [6, 6.07) is 10.1. The first-order valence-corrected chi connectivity index (χ1v) is 6.09. The van der Waals surface area contributed by atoms with Gasteiger partial charge in [-0.3, -0.25) is 0 Å². The van der Waals surface area contributed by atoms with Crippen LogP contribution < -0.4 is 5.32 Å². The molecule has 18 heavy (non-hydrogen) atoms. The molecule has 0 bridgehead atoms. The van der Waals surface area contributed by atoms with E-state index in [9.17, 15) is 0 Å². The van der Waals surface area contributed by atoms with Crippen molar-refractivity contribution in [2.24, 2.45) is 5.41 Å². The van der Waals surface area contributed by atoms with Crippen molar-refractivity contribution >= 4 is 5.69 Å². The molecule has 0 amide bonds. The molecule has 0 fully saturated rings. The molecule has 1 aromatic carbocycles. The lowest BCUT2D eigenvalue weighted by molar-refractivity contribution is 0.347. The Kier molecular flexibility index (Phi) is 3.60. The highest BCUT2D eigenvalue weighted by atomic mass is 15.5. The average molecular weight is 245 g/mol. The molecule has 5 nitrogen and oxygen atoms in total. The topological polar surface area (TPSA) is 66.5 Å². The van der Waals surface area contributed by atoms with Crippen LogP contribution in [0.15, 0.2) is 30.3 Å². The minimum Gasteiger partial charge on any atom is -0.375 e. The van der Waals surface area contributed by atoms with E-state index in [1.165, 1.54) is 0 Å². The normalized spacial score (nSPS) is 13.3. The first kappa shape index (κ1) is 12.5. The fourth-order valence-electron chi connectivity index (χ4n) is 1.87. The van der Waals surface area contributed by atoms with Crippen LogP contribution >= 0.6 is 0 Å². The summed E-state index contributed by atoms with van der Waals surface area (Å²) < 4.78 is 0. The molecule has 1 unspecified atom stereocenters. The van der Waals surface area contributed by atoms with Crippen LogP contribution in [-0.2, 0) is 0 Å². The molecule has 2 N–H and O–H groups in total. The number of aromatic amines is 1. The first-order chi connectivity index (χ1) is 8.54. The summed E-state index contributed by atoms with van der Waals surface area (Å²) in [4.78, 5) is 0. The molecule has 2 aromatic rings. The van der Waals surface area contributed by atoms with E-state index in [4.69, 9.17) is 0 Å². The Bertz CT molecular complexity index is 458. The summed E-state index contributed by atoms with van der Waals surface area (Å²) in [6.07, 6.45) is 0.932. The largest absolute Gasteiger partial charge is 0.375 e. The van der Waals surface area contributed by atoms with Crippen LogP contribution in [0.1, 0.15) is 39.1 Å². The SMILES string of the molecule is CC(C)(C)CC(Nc1ccccc1)c1nn[nH]n1. The van der Waals surface area contributed by atoms with Gasteiger partial charge in [-0.15, -0.1) is 10.2 Å². The maximum absolute atomic E-state index is 4.09. The molecule has 1 heterocycles. The van der Waals surface area contributed by atoms with Gasteiger partial charge < -0.3 is 5.32 Å². The molecule has 0 aliphatic heterocycles. The van der Waals surface area contributed by atoms with Crippen molar-refractivity contribution in [2.75, 3.05) is 5.32 Å². The van der Waals surface area contributed by atoms with Gasteiger partial charge in [0.1, 0.15) is 0 Å². The van der Waals surface area contributed by atoms with Crippen LogP contribution in [0.4, 0.5) is 5.69 Å². The highest BCUT2D eigenvalue weighted by Crippen LogP contribution is 2.30. The lowest BCUT2D eigenvalue weighted by atomic mass is 9.87. The van der Waals surface area contributed by atoms with E-state index in [1.54, 1.807) is 0 Å². The van der Waals surface area contributed by atoms with Gasteiger partial charge in [0.25, 0.3) is 0 Å². The number of nitrogens with zero attached hydrogens (tertiary/aromatic N) is 3. The van der Waals surface area contributed by atoms with Crippen molar-refractivity contribution in [1.29, 1.82) is 0 Å². The Labute approximate surface area is 107 Å². The lowest BCUT2D eigenvalue weighted by Crippen LogP contribution is -2.19. The molecule has 0 aliphatic rings. The fourth-order valence-corrected chi connectivity index (χ4v) is 1.87. The molecule has 0 spiro atoms. The van der Waals surface area contributed by atoms with Gasteiger partial charge in [0.2, 0.25) is 0 Å². The number of hydrogen-bond acceptors (Lipinski definition) is 4. The first-order valence-electron chi connectivity index (χ1n) is 6.09. The van der Waals surface area contributed by atoms with E-state index >= 15 is 0 Å². The fraction of sp³-hybridized carbons (Fsp3) is 0.462. The zero-order chi connectivity index (χ0) is 13.0. The minimum atomic E-state index is 0.0613. The predicted octanol–water partition coefficient (Wildman–Crippen LogP) is 2.79. The summed E-state index contributed by atoms with van der Waals surface area (Å²) in [7, 11) is 0. The Hall–Kier alpha value is -1.91.